The van der Waals surface area contributed by atoms with Crippen LogP contribution in [0.1, 0.15) is 6.42 Å². The van der Waals surface area contributed by atoms with Crippen LogP contribution < -0.4 is 16.2 Å². The van der Waals surface area contributed by atoms with E-state index in [2.05, 4.69) is 15.6 Å². The van der Waals surface area contributed by atoms with Gasteiger partial charge in [-0.25, -0.2) is 9.18 Å². The lowest BCUT2D eigenvalue weighted by Crippen LogP contribution is -2.45. The molecule has 1 fully saturated rings. The minimum atomic E-state index is -0.876. The van der Waals surface area contributed by atoms with Gasteiger partial charge in [0.15, 0.2) is 0 Å². The number of amides is 3. The largest absolute Gasteiger partial charge is 0.380 e. The fourth-order valence-corrected chi connectivity index (χ4v) is 3.83. The molecule has 176 valence electrons. The fourth-order valence-electron chi connectivity index (χ4n) is 3.70. The van der Waals surface area contributed by atoms with Gasteiger partial charge in [0.25, 0.3) is 5.56 Å². The Labute approximate surface area is 199 Å². The van der Waals surface area contributed by atoms with E-state index in [-0.39, 0.29) is 30.4 Å². The number of urea groups is 1. The Kier molecular flexibility index (Phi) is 6.90. The molecule has 3 aromatic rings. The smallest absolute Gasteiger partial charge is 0.322 e. The summed E-state index contributed by atoms with van der Waals surface area (Å²) < 4.78 is 21.3. The molecule has 1 aromatic heterocycles. The molecule has 0 radical (unpaired) electrons. The number of rotatable bonds is 5. The van der Waals surface area contributed by atoms with Gasteiger partial charge in [-0.3, -0.25) is 19.1 Å². The summed E-state index contributed by atoms with van der Waals surface area (Å²) in [4.78, 5) is 42.9. The Balaban J connectivity index is 1.50. The second-order valence-corrected chi connectivity index (χ2v) is 8.07. The molecular formula is C23H21ClFN5O4. The summed E-state index contributed by atoms with van der Waals surface area (Å²) >= 11 is 5.88. The summed E-state index contributed by atoms with van der Waals surface area (Å²) in [6.07, 6.45) is 3.84. The van der Waals surface area contributed by atoms with Crippen LogP contribution in [0.2, 0.25) is 5.02 Å². The SMILES string of the molecule is CO[C@@H]1C[C@H](C(=O)Nc2ccc(-n3ccncc3=O)cc2F)N(C(=O)Nc2ccc(Cl)cc2)C1. The van der Waals surface area contributed by atoms with E-state index < -0.39 is 29.4 Å². The number of likely N-dealkylation sites (tertiary alicyclic amines) is 1. The van der Waals surface area contributed by atoms with E-state index in [0.717, 1.165) is 12.3 Å². The summed E-state index contributed by atoms with van der Waals surface area (Å²) in [5.41, 5.74) is 0.307. The molecule has 1 aliphatic heterocycles. The molecule has 34 heavy (non-hydrogen) atoms. The van der Waals surface area contributed by atoms with Crippen LogP contribution in [0.5, 0.6) is 0 Å². The average Bonchev–Trinajstić information content (AvgIpc) is 3.27. The van der Waals surface area contributed by atoms with Gasteiger partial charge in [-0.2, -0.15) is 0 Å². The molecule has 0 unspecified atom stereocenters. The first-order valence-corrected chi connectivity index (χ1v) is 10.7. The zero-order chi connectivity index (χ0) is 24.2. The van der Waals surface area contributed by atoms with E-state index in [4.69, 9.17) is 16.3 Å². The van der Waals surface area contributed by atoms with Crippen molar-refractivity contribution in [1.82, 2.24) is 14.5 Å². The second kappa shape index (κ2) is 10.0. The van der Waals surface area contributed by atoms with Crippen molar-refractivity contribution >= 4 is 34.9 Å². The summed E-state index contributed by atoms with van der Waals surface area (Å²) in [5, 5.41) is 5.79. The van der Waals surface area contributed by atoms with Crippen LogP contribution >= 0.6 is 11.6 Å². The zero-order valence-electron chi connectivity index (χ0n) is 18.1. The Morgan fingerprint density at radius 1 is 1.18 bits per heavy atom. The van der Waals surface area contributed by atoms with Crippen LogP contribution in [-0.4, -0.2) is 52.2 Å². The predicted octanol–water partition coefficient (Wildman–Crippen LogP) is 3.28. The highest BCUT2D eigenvalue weighted by Crippen LogP contribution is 2.25. The number of hydrogen-bond donors (Lipinski definition) is 2. The number of ether oxygens (including phenoxy) is 1. The van der Waals surface area contributed by atoms with Gasteiger partial charge in [-0.15, -0.1) is 0 Å². The Morgan fingerprint density at radius 3 is 2.62 bits per heavy atom. The van der Waals surface area contributed by atoms with Gasteiger partial charge < -0.3 is 20.3 Å². The lowest BCUT2D eigenvalue weighted by atomic mass is 10.1. The van der Waals surface area contributed by atoms with E-state index in [1.807, 2.05) is 0 Å². The first kappa shape index (κ1) is 23.4. The minimum Gasteiger partial charge on any atom is -0.380 e. The van der Waals surface area contributed by atoms with Crippen LogP contribution in [0.4, 0.5) is 20.6 Å². The van der Waals surface area contributed by atoms with E-state index in [9.17, 15) is 18.8 Å². The van der Waals surface area contributed by atoms with E-state index in [1.54, 1.807) is 24.3 Å². The number of anilines is 2. The molecule has 0 aliphatic carbocycles. The van der Waals surface area contributed by atoms with Crippen molar-refractivity contribution in [2.75, 3.05) is 24.3 Å². The van der Waals surface area contributed by atoms with Crippen LogP contribution in [-0.2, 0) is 9.53 Å². The summed E-state index contributed by atoms with van der Waals surface area (Å²) in [6, 6.07) is 9.18. The Bertz CT molecular complexity index is 1270. The van der Waals surface area contributed by atoms with E-state index in [0.29, 0.717) is 10.7 Å². The molecule has 4 rings (SSSR count). The van der Waals surface area contributed by atoms with Gasteiger partial charge in [0.1, 0.15) is 11.9 Å². The number of methoxy groups -OCH3 is 1. The number of carbonyl (C=O) groups is 2. The van der Waals surface area contributed by atoms with Crippen LogP contribution in [0, 0.1) is 5.82 Å². The third-order valence-electron chi connectivity index (χ3n) is 5.47. The maximum atomic E-state index is 14.8. The highest BCUT2D eigenvalue weighted by Gasteiger charge is 2.40. The molecule has 1 saturated heterocycles. The number of halogens is 2. The molecule has 0 saturated carbocycles. The van der Waals surface area contributed by atoms with Gasteiger partial charge in [-0.05, 0) is 36.4 Å². The topological polar surface area (TPSA) is 106 Å². The number of benzene rings is 2. The van der Waals surface area contributed by atoms with Crippen molar-refractivity contribution < 1.29 is 18.7 Å². The van der Waals surface area contributed by atoms with Gasteiger partial charge in [0.2, 0.25) is 5.91 Å². The van der Waals surface area contributed by atoms with Crippen molar-refractivity contribution in [2.24, 2.45) is 0 Å². The van der Waals surface area contributed by atoms with Crippen molar-refractivity contribution in [3.63, 3.8) is 0 Å². The molecular weight excluding hydrogens is 465 g/mol. The van der Waals surface area contributed by atoms with E-state index in [1.165, 1.54) is 41.1 Å². The second-order valence-electron chi connectivity index (χ2n) is 7.64. The summed E-state index contributed by atoms with van der Waals surface area (Å²) in [7, 11) is 1.50. The van der Waals surface area contributed by atoms with Gasteiger partial charge in [-0.1, -0.05) is 11.6 Å². The maximum Gasteiger partial charge on any atom is 0.322 e. The molecule has 2 aromatic carbocycles. The van der Waals surface area contributed by atoms with Crippen molar-refractivity contribution in [3.05, 3.63) is 82.2 Å². The molecule has 11 heteroatoms. The lowest BCUT2D eigenvalue weighted by Gasteiger charge is -2.24. The van der Waals surface area contributed by atoms with Gasteiger partial charge in [0, 0.05) is 49.2 Å². The number of nitrogens with one attached hydrogen (secondary N) is 2. The Hall–Kier alpha value is -3.76. The monoisotopic (exact) mass is 485 g/mol. The lowest BCUT2D eigenvalue weighted by molar-refractivity contribution is -0.119. The Morgan fingerprint density at radius 2 is 1.94 bits per heavy atom. The zero-order valence-corrected chi connectivity index (χ0v) is 18.8. The molecule has 3 amide bonds. The van der Waals surface area contributed by atoms with Crippen molar-refractivity contribution in [1.29, 1.82) is 0 Å². The average molecular weight is 486 g/mol. The predicted molar refractivity (Wildman–Crippen MR) is 125 cm³/mol. The molecule has 1 aliphatic rings. The van der Waals surface area contributed by atoms with Crippen LogP contribution in [0.25, 0.3) is 5.69 Å². The standard InChI is InChI=1S/C23H21ClFN5O4/c1-34-17-11-20(30(13-17)23(33)27-15-4-2-14(24)3-5-15)22(32)28-19-7-6-16(10-18(19)25)29-9-8-26-12-21(29)31/h2-10,12,17,20H,11,13H2,1H3,(H,27,33)(H,28,32)/t17-,20-/m1/s1. The quantitative estimate of drug-likeness (QED) is 0.577. The molecule has 9 nitrogen and oxygen atoms in total. The molecule has 0 bridgehead atoms. The van der Waals surface area contributed by atoms with Crippen molar-refractivity contribution in [2.45, 2.75) is 18.6 Å². The highest BCUT2D eigenvalue weighted by atomic mass is 35.5. The minimum absolute atomic E-state index is 0.0743. The van der Waals surface area contributed by atoms with Gasteiger partial charge in [0.05, 0.1) is 23.7 Å². The fraction of sp³-hybridized carbons (Fsp3) is 0.217. The number of carbonyl (C=O) groups excluding carboxylic acids is 2. The third kappa shape index (κ3) is 5.08. The van der Waals surface area contributed by atoms with Gasteiger partial charge >= 0.3 is 6.03 Å². The van der Waals surface area contributed by atoms with Crippen LogP contribution in [0.3, 0.4) is 0 Å². The number of aromatic nitrogens is 2. The first-order chi connectivity index (χ1) is 16.4. The summed E-state index contributed by atoms with van der Waals surface area (Å²) in [5.74, 6) is -1.29. The normalized spacial score (nSPS) is 17.4. The summed E-state index contributed by atoms with van der Waals surface area (Å²) in [6.45, 7) is 0.195. The molecule has 0 spiro atoms. The highest BCUT2D eigenvalue weighted by molar-refractivity contribution is 6.30. The van der Waals surface area contributed by atoms with Crippen LogP contribution in [0.15, 0.2) is 65.8 Å². The number of hydrogen-bond acceptors (Lipinski definition) is 5. The molecule has 2 N–H and O–H groups in total. The third-order valence-corrected chi connectivity index (χ3v) is 5.72. The first-order valence-electron chi connectivity index (χ1n) is 10.3. The van der Waals surface area contributed by atoms with E-state index >= 15 is 0 Å². The number of nitrogens with zero attached hydrogens (tertiary/aromatic N) is 3. The maximum absolute atomic E-state index is 14.8. The molecule has 2 heterocycles. The molecule has 2 atom stereocenters. The van der Waals surface area contributed by atoms with Crippen molar-refractivity contribution in [3.8, 4) is 5.69 Å².